The predicted octanol–water partition coefficient (Wildman–Crippen LogP) is 0.114. The molecule has 6 heteroatoms. The summed E-state index contributed by atoms with van der Waals surface area (Å²) < 4.78 is 7.00. The summed E-state index contributed by atoms with van der Waals surface area (Å²) in [6, 6.07) is 0. The number of nitrogens with zero attached hydrogens (tertiary/aromatic N) is 3. The zero-order valence-corrected chi connectivity index (χ0v) is 9.22. The molecule has 1 aliphatic heterocycles. The first-order chi connectivity index (χ1) is 7.72. The quantitative estimate of drug-likeness (QED) is 0.787. The molecule has 1 aliphatic rings. The SMILES string of the molecule is COCCc1nnc2n1CCC(C(=O)O)C2. The van der Waals surface area contributed by atoms with E-state index in [9.17, 15) is 4.79 Å². The zero-order chi connectivity index (χ0) is 11.5. The van der Waals surface area contributed by atoms with E-state index >= 15 is 0 Å². The molecule has 1 aromatic heterocycles. The first-order valence-corrected chi connectivity index (χ1v) is 5.35. The fraction of sp³-hybridized carbons (Fsp3) is 0.700. The summed E-state index contributed by atoms with van der Waals surface area (Å²) >= 11 is 0. The molecular formula is C10H15N3O3. The topological polar surface area (TPSA) is 77.2 Å². The summed E-state index contributed by atoms with van der Waals surface area (Å²) in [4.78, 5) is 10.9. The standard InChI is InChI=1S/C10H15N3O3/c1-16-5-3-8-11-12-9-6-7(10(14)15)2-4-13(8)9/h7H,2-6H2,1H3,(H,14,15). The normalized spacial score (nSPS) is 19.4. The van der Waals surface area contributed by atoms with E-state index in [2.05, 4.69) is 10.2 Å². The number of aromatic nitrogens is 3. The second-order valence-corrected chi connectivity index (χ2v) is 3.95. The molecule has 0 saturated carbocycles. The van der Waals surface area contributed by atoms with Crippen molar-refractivity contribution in [1.29, 1.82) is 0 Å². The Kier molecular flexibility index (Phi) is 3.19. The molecule has 1 unspecified atom stereocenters. The summed E-state index contributed by atoms with van der Waals surface area (Å²) in [5.74, 6) is 0.616. The highest BCUT2D eigenvalue weighted by atomic mass is 16.5. The maximum absolute atomic E-state index is 10.9. The van der Waals surface area contributed by atoms with Crippen LogP contribution in [0.4, 0.5) is 0 Å². The van der Waals surface area contributed by atoms with Crippen molar-refractivity contribution in [3.8, 4) is 0 Å². The lowest BCUT2D eigenvalue weighted by Gasteiger charge is -2.20. The number of carbonyl (C=O) groups is 1. The van der Waals surface area contributed by atoms with E-state index in [0.29, 0.717) is 26.0 Å². The van der Waals surface area contributed by atoms with Gasteiger partial charge in [-0.2, -0.15) is 0 Å². The lowest BCUT2D eigenvalue weighted by Crippen LogP contribution is -2.26. The highest BCUT2D eigenvalue weighted by Gasteiger charge is 2.27. The Morgan fingerprint density at radius 1 is 1.62 bits per heavy atom. The third-order valence-corrected chi connectivity index (χ3v) is 2.91. The Bertz CT molecular complexity index is 389. The smallest absolute Gasteiger partial charge is 0.307 e. The van der Waals surface area contributed by atoms with Gasteiger partial charge in [0.15, 0.2) is 0 Å². The van der Waals surface area contributed by atoms with Gasteiger partial charge in [0, 0.05) is 26.5 Å². The number of carboxylic acid groups (broad SMARTS) is 1. The van der Waals surface area contributed by atoms with E-state index in [1.807, 2.05) is 4.57 Å². The highest BCUT2D eigenvalue weighted by Crippen LogP contribution is 2.20. The molecule has 2 heterocycles. The molecule has 2 rings (SSSR count). The van der Waals surface area contributed by atoms with Crippen molar-refractivity contribution in [1.82, 2.24) is 14.8 Å². The van der Waals surface area contributed by atoms with Crippen molar-refractivity contribution in [2.75, 3.05) is 13.7 Å². The number of fused-ring (bicyclic) bond motifs is 1. The van der Waals surface area contributed by atoms with Crippen molar-refractivity contribution in [2.24, 2.45) is 5.92 Å². The summed E-state index contributed by atoms with van der Waals surface area (Å²) in [6.07, 6.45) is 1.86. The van der Waals surface area contributed by atoms with Crippen LogP contribution in [0.15, 0.2) is 0 Å². The number of ether oxygens (including phenoxy) is 1. The number of hydrogen-bond donors (Lipinski definition) is 1. The number of rotatable bonds is 4. The molecule has 0 amide bonds. The monoisotopic (exact) mass is 225 g/mol. The second-order valence-electron chi connectivity index (χ2n) is 3.95. The summed E-state index contributed by atoms with van der Waals surface area (Å²) in [6.45, 7) is 1.30. The van der Waals surface area contributed by atoms with Crippen molar-refractivity contribution in [3.63, 3.8) is 0 Å². The van der Waals surface area contributed by atoms with E-state index in [-0.39, 0.29) is 5.92 Å². The van der Waals surface area contributed by atoms with E-state index < -0.39 is 5.97 Å². The maximum atomic E-state index is 10.9. The van der Waals surface area contributed by atoms with Crippen LogP contribution < -0.4 is 0 Å². The lowest BCUT2D eigenvalue weighted by atomic mass is 9.98. The fourth-order valence-corrected chi connectivity index (χ4v) is 1.98. The Labute approximate surface area is 93.2 Å². The Morgan fingerprint density at radius 3 is 3.12 bits per heavy atom. The zero-order valence-electron chi connectivity index (χ0n) is 9.22. The number of carboxylic acids is 1. The summed E-state index contributed by atoms with van der Waals surface area (Å²) in [5, 5.41) is 17.0. The average Bonchev–Trinajstić information content (AvgIpc) is 2.68. The molecule has 16 heavy (non-hydrogen) atoms. The molecule has 0 radical (unpaired) electrons. The molecule has 0 aromatic carbocycles. The van der Waals surface area contributed by atoms with Gasteiger partial charge in [-0.25, -0.2) is 0 Å². The minimum absolute atomic E-state index is 0.313. The third-order valence-electron chi connectivity index (χ3n) is 2.91. The van der Waals surface area contributed by atoms with Crippen molar-refractivity contribution >= 4 is 5.97 Å². The molecule has 0 bridgehead atoms. The van der Waals surface area contributed by atoms with Crippen LogP contribution in [0.3, 0.4) is 0 Å². The van der Waals surface area contributed by atoms with Crippen LogP contribution in [0.1, 0.15) is 18.1 Å². The van der Waals surface area contributed by atoms with Gasteiger partial charge in [0.25, 0.3) is 0 Å². The second kappa shape index (κ2) is 4.61. The van der Waals surface area contributed by atoms with E-state index in [1.165, 1.54) is 0 Å². The average molecular weight is 225 g/mol. The van der Waals surface area contributed by atoms with Crippen LogP contribution in [0.5, 0.6) is 0 Å². The number of methoxy groups -OCH3 is 1. The van der Waals surface area contributed by atoms with Gasteiger partial charge in [-0.3, -0.25) is 4.79 Å². The molecule has 0 saturated heterocycles. The van der Waals surface area contributed by atoms with Crippen LogP contribution in [0, 0.1) is 5.92 Å². The maximum Gasteiger partial charge on any atom is 0.307 e. The van der Waals surface area contributed by atoms with Crippen LogP contribution in [0.25, 0.3) is 0 Å². The third kappa shape index (κ3) is 2.06. The van der Waals surface area contributed by atoms with Crippen molar-refractivity contribution in [2.45, 2.75) is 25.8 Å². The van der Waals surface area contributed by atoms with Crippen LogP contribution in [0.2, 0.25) is 0 Å². The van der Waals surface area contributed by atoms with Crippen LogP contribution in [-0.2, 0) is 28.9 Å². The molecule has 0 aliphatic carbocycles. The molecular weight excluding hydrogens is 210 g/mol. The summed E-state index contributed by atoms with van der Waals surface area (Å²) in [5.41, 5.74) is 0. The molecule has 1 N–H and O–H groups in total. The first kappa shape index (κ1) is 11.1. The van der Waals surface area contributed by atoms with Gasteiger partial charge in [-0.05, 0) is 6.42 Å². The molecule has 0 fully saturated rings. The van der Waals surface area contributed by atoms with Gasteiger partial charge in [0.2, 0.25) is 0 Å². The predicted molar refractivity (Wildman–Crippen MR) is 55.0 cm³/mol. The van der Waals surface area contributed by atoms with E-state index in [1.54, 1.807) is 7.11 Å². The van der Waals surface area contributed by atoms with Gasteiger partial charge in [0.05, 0.1) is 12.5 Å². The van der Waals surface area contributed by atoms with Crippen LogP contribution >= 0.6 is 0 Å². The first-order valence-electron chi connectivity index (χ1n) is 5.35. The fourth-order valence-electron chi connectivity index (χ4n) is 1.98. The Morgan fingerprint density at radius 2 is 2.44 bits per heavy atom. The number of hydrogen-bond acceptors (Lipinski definition) is 4. The van der Waals surface area contributed by atoms with Gasteiger partial charge in [0.1, 0.15) is 11.6 Å². The van der Waals surface area contributed by atoms with E-state index in [4.69, 9.17) is 9.84 Å². The molecule has 6 nitrogen and oxygen atoms in total. The Hall–Kier alpha value is -1.43. The molecule has 1 atom stereocenters. The van der Waals surface area contributed by atoms with E-state index in [0.717, 1.165) is 18.1 Å². The molecule has 0 spiro atoms. The van der Waals surface area contributed by atoms with Gasteiger partial charge in [-0.1, -0.05) is 0 Å². The summed E-state index contributed by atoms with van der Waals surface area (Å²) in [7, 11) is 1.65. The van der Waals surface area contributed by atoms with Gasteiger partial charge >= 0.3 is 5.97 Å². The highest BCUT2D eigenvalue weighted by molar-refractivity contribution is 5.70. The Balaban J connectivity index is 2.10. The minimum Gasteiger partial charge on any atom is -0.481 e. The van der Waals surface area contributed by atoms with Gasteiger partial charge in [-0.15, -0.1) is 10.2 Å². The van der Waals surface area contributed by atoms with Crippen molar-refractivity contribution in [3.05, 3.63) is 11.6 Å². The minimum atomic E-state index is -0.743. The van der Waals surface area contributed by atoms with Gasteiger partial charge < -0.3 is 14.4 Å². The van der Waals surface area contributed by atoms with Crippen molar-refractivity contribution < 1.29 is 14.6 Å². The molecule has 1 aromatic rings. The number of aliphatic carboxylic acids is 1. The largest absolute Gasteiger partial charge is 0.481 e. The molecule has 88 valence electrons. The lowest BCUT2D eigenvalue weighted by molar-refractivity contribution is -0.142. The van der Waals surface area contributed by atoms with Crippen LogP contribution in [-0.4, -0.2) is 39.6 Å².